The molecule has 0 aliphatic rings. The molecule has 1 heterocycles. The van der Waals surface area contributed by atoms with Crippen LogP contribution in [0.5, 0.6) is 0 Å². The minimum atomic E-state index is -0.189. The lowest BCUT2D eigenvalue weighted by Crippen LogP contribution is -2.18. The van der Waals surface area contributed by atoms with E-state index in [0.29, 0.717) is 23.5 Å². The van der Waals surface area contributed by atoms with Crippen LogP contribution in [0.4, 0.5) is 0 Å². The van der Waals surface area contributed by atoms with Crippen LogP contribution in [-0.2, 0) is 12.8 Å². The zero-order valence-corrected chi connectivity index (χ0v) is 7.72. The molecular weight excluding hydrogens is 166 g/mol. The Balaban J connectivity index is 3.25. The lowest BCUT2D eigenvalue weighted by molar-refractivity contribution is 0.874. The fourth-order valence-electron chi connectivity index (χ4n) is 1.12. The molecule has 0 aromatic carbocycles. The quantitative estimate of drug-likeness (QED) is 0.723. The van der Waals surface area contributed by atoms with E-state index >= 15 is 0 Å². The van der Waals surface area contributed by atoms with E-state index in [1.165, 1.54) is 0 Å². The molecule has 0 aliphatic heterocycles. The summed E-state index contributed by atoms with van der Waals surface area (Å²) in [7, 11) is 0. The molecule has 0 spiro atoms. The van der Waals surface area contributed by atoms with Crippen LogP contribution in [0, 0.1) is 18.3 Å². The second-order valence-electron chi connectivity index (χ2n) is 2.77. The summed E-state index contributed by atoms with van der Waals surface area (Å²) in [5.41, 5.74) is 0.938. The Kier molecular flexibility index (Phi) is 2.80. The average molecular weight is 177 g/mol. The number of nitrogens with zero attached hydrogens (tertiary/aromatic N) is 2. The number of hydrogen-bond acceptors (Lipinski definition) is 3. The van der Waals surface area contributed by atoms with Crippen LogP contribution in [0.25, 0.3) is 0 Å². The van der Waals surface area contributed by atoms with Crippen molar-refractivity contribution in [1.29, 1.82) is 5.26 Å². The van der Waals surface area contributed by atoms with Gasteiger partial charge in [0.25, 0.3) is 5.56 Å². The maximum atomic E-state index is 11.4. The third-order valence-electron chi connectivity index (χ3n) is 1.86. The molecule has 0 bridgehead atoms. The molecule has 0 fully saturated rings. The van der Waals surface area contributed by atoms with Gasteiger partial charge in [0.1, 0.15) is 5.82 Å². The van der Waals surface area contributed by atoms with Crippen LogP contribution in [0.2, 0.25) is 0 Å². The van der Waals surface area contributed by atoms with Gasteiger partial charge in [-0.2, -0.15) is 5.26 Å². The van der Waals surface area contributed by atoms with E-state index in [2.05, 4.69) is 9.97 Å². The molecule has 1 aromatic heterocycles. The van der Waals surface area contributed by atoms with Crippen molar-refractivity contribution >= 4 is 0 Å². The number of H-pyrrole nitrogens is 1. The van der Waals surface area contributed by atoms with E-state index in [4.69, 9.17) is 5.26 Å². The van der Waals surface area contributed by atoms with Gasteiger partial charge < -0.3 is 4.98 Å². The minimum absolute atomic E-state index is 0.123. The van der Waals surface area contributed by atoms with Crippen LogP contribution >= 0.6 is 0 Å². The summed E-state index contributed by atoms with van der Waals surface area (Å²) in [6, 6.07) is 1.94. The monoisotopic (exact) mass is 177 g/mol. The molecule has 1 aromatic rings. The first-order valence-corrected chi connectivity index (χ1v) is 4.14. The molecule has 0 saturated carbocycles. The van der Waals surface area contributed by atoms with Crippen molar-refractivity contribution in [3.05, 3.63) is 27.4 Å². The van der Waals surface area contributed by atoms with Gasteiger partial charge in [-0.1, -0.05) is 6.92 Å². The average Bonchev–Trinajstić information content (AvgIpc) is 2.11. The largest absolute Gasteiger partial charge is 0.310 e. The molecule has 0 saturated heterocycles. The summed E-state index contributed by atoms with van der Waals surface area (Å²) in [6.45, 7) is 3.67. The van der Waals surface area contributed by atoms with Crippen molar-refractivity contribution in [3.63, 3.8) is 0 Å². The highest BCUT2D eigenvalue weighted by atomic mass is 16.1. The second-order valence-corrected chi connectivity index (χ2v) is 2.77. The first-order valence-electron chi connectivity index (χ1n) is 4.14. The zero-order valence-electron chi connectivity index (χ0n) is 7.72. The van der Waals surface area contributed by atoms with E-state index in [0.717, 1.165) is 0 Å². The molecule has 4 nitrogen and oxygen atoms in total. The number of rotatable bonds is 2. The highest BCUT2D eigenvalue weighted by molar-refractivity contribution is 5.19. The molecule has 0 unspecified atom stereocenters. The Morgan fingerprint density at radius 2 is 2.31 bits per heavy atom. The van der Waals surface area contributed by atoms with Crippen molar-refractivity contribution in [2.24, 2.45) is 0 Å². The minimum Gasteiger partial charge on any atom is -0.310 e. The predicted octanol–water partition coefficient (Wildman–Crippen LogP) is 0.707. The standard InChI is InChI=1S/C9H11N3O/c1-3-8-11-6(2)7(4-5-10)9(13)12-8/h3-4H2,1-2H3,(H,11,12,13). The zero-order chi connectivity index (χ0) is 9.84. The Labute approximate surface area is 76.2 Å². The van der Waals surface area contributed by atoms with Crippen molar-refractivity contribution in [1.82, 2.24) is 9.97 Å². The number of hydrogen-bond donors (Lipinski definition) is 1. The van der Waals surface area contributed by atoms with Gasteiger partial charge in [-0.05, 0) is 6.92 Å². The Bertz CT molecular complexity index is 400. The van der Waals surface area contributed by atoms with Gasteiger partial charge in [-0.25, -0.2) is 4.98 Å². The summed E-state index contributed by atoms with van der Waals surface area (Å²) in [6.07, 6.45) is 0.821. The van der Waals surface area contributed by atoms with Crippen LogP contribution < -0.4 is 5.56 Å². The first-order chi connectivity index (χ1) is 6.19. The van der Waals surface area contributed by atoms with E-state index < -0.39 is 0 Å². The third-order valence-corrected chi connectivity index (χ3v) is 1.86. The Morgan fingerprint density at radius 1 is 1.62 bits per heavy atom. The van der Waals surface area contributed by atoms with Gasteiger partial charge in [-0.15, -0.1) is 0 Å². The first kappa shape index (κ1) is 9.46. The number of aromatic amines is 1. The maximum Gasteiger partial charge on any atom is 0.255 e. The smallest absolute Gasteiger partial charge is 0.255 e. The predicted molar refractivity (Wildman–Crippen MR) is 48.3 cm³/mol. The van der Waals surface area contributed by atoms with Crippen LogP contribution in [-0.4, -0.2) is 9.97 Å². The summed E-state index contributed by atoms with van der Waals surface area (Å²) < 4.78 is 0. The fraction of sp³-hybridized carbons (Fsp3) is 0.444. The SMILES string of the molecule is CCc1nc(C)c(CC#N)c(=O)[nH]1. The van der Waals surface area contributed by atoms with Gasteiger partial charge in [-0.3, -0.25) is 4.79 Å². The van der Waals surface area contributed by atoms with Crippen LogP contribution in [0.15, 0.2) is 4.79 Å². The second kappa shape index (κ2) is 3.85. The van der Waals surface area contributed by atoms with Gasteiger partial charge in [0, 0.05) is 12.1 Å². The van der Waals surface area contributed by atoms with E-state index in [1.807, 2.05) is 13.0 Å². The van der Waals surface area contributed by atoms with Crippen LogP contribution in [0.3, 0.4) is 0 Å². The van der Waals surface area contributed by atoms with Gasteiger partial charge in [0.15, 0.2) is 0 Å². The molecule has 0 amide bonds. The Hall–Kier alpha value is -1.63. The van der Waals surface area contributed by atoms with Crippen molar-refractivity contribution < 1.29 is 0 Å². The molecule has 68 valence electrons. The summed E-state index contributed by atoms with van der Waals surface area (Å²) in [5.74, 6) is 0.671. The number of aryl methyl sites for hydroxylation is 2. The molecule has 1 rings (SSSR count). The van der Waals surface area contributed by atoms with Crippen molar-refractivity contribution in [2.75, 3.05) is 0 Å². The summed E-state index contributed by atoms with van der Waals surface area (Å²) >= 11 is 0. The Morgan fingerprint density at radius 3 is 2.77 bits per heavy atom. The number of aromatic nitrogens is 2. The summed E-state index contributed by atoms with van der Waals surface area (Å²) in [5, 5.41) is 8.46. The summed E-state index contributed by atoms with van der Waals surface area (Å²) in [4.78, 5) is 18.2. The van der Waals surface area contributed by atoms with Crippen molar-refractivity contribution in [2.45, 2.75) is 26.7 Å². The lowest BCUT2D eigenvalue weighted by atomic mass is 10.2. The van der Waals surface area contributed by atoms with E-state index in [9.17, 15) is 4.79 Å². The molecule has 4 heteroatoms. The molecule has 0 radical (unpaired) electrons. The highest BCUT2D eigenvalue weighted by Crippen LogP contribution is 1.99. The topological polar surface area (TPSA) is 69.5 Å². The van der Waals surface area contributed by atoms with Crippen molar-refractivity contribution in [3.8, 4) is 6.07 Å². The molecular formula is C9H11N3O. The molecule has 13 heavy (non-hydrogen) atoms. The number of nitriles is 1. The fourth-order valence-corrected chi connectivity index (χ4v) is 1.12. The normalized spacial score (nSPS) is 9.62. The maximum absolute atomic E-state index is 11.4. The molecule has 0 atom stereocenters. The van der Waals surface area contributed by atoms with Crippen LogP contribution in [0.1, 0.15) is 24.0 Å². The lowest BCUT2D eigenvalue weighted by Gasteiger charge is -2.01. The van der Waals surface area contributed by atoms with Gasteiger partial charge in [0.2, 0.25) is 0 Å². The third kappa shape index (κ3) is 1.94. The van der Waals surface area contributed by atoms with Gasteiger partial charge >= 0.3 is 0 Å². The molecule has 1 N–H and O–H groups in total. The van der Waals surface area contributed by atoms with Gasteiger partial charge in [0.05, 0.1) is 18.1 Å². The molecule has 0 aliphatic carbocycles. The highest BCUT2D eigenvalue weighted by Gasteiger charge is 2.05. The number of nitrogens with one attached hydrogen (secondary N) is 1. The van der Waals surface area contributed by atoms with E-state index in [-0.39, 0.29) is 12.0 Å². The van der Waals surface area contributed by atoms with E-state index in [1.54, 1.807) is 6.92 Å².